The van der Waals surface area contributed by atoms with Gasteiger partial charge in [-0.25, -0.2) is 4.79 Å². The molecule has 0 atom stereocenters. The van der Waals surface area contributed by atoms with Crippen LogP contribution < -0.4 is 5.32 Å². The van der Waals surface area contributed by atoms with Crippen LogP contribution in [0.5, 0.6) is 0 Å². The van der Waals surface area contributed by atoms with Gasteiger partial charge in [0.05, 0.1) is 7.11 Å². The lowest BCUT2D eigenvalue weighted by molar-refractivity contribution is -0.157. The summed E-state index contributed by atoms with van der Waals surface area (Å²) < 4.78 is 4.24. The number of hydrogen-bond acceptors (Lipinski definition) is 4. The van der Waals surface area contributed by atoms with E-state index in [2.05, 4.69) is 10.1 Å². The molecule has 2 amide bonds. The predicted molar refractivity (Wildman–Crippen MR) is 48.3 cm³/mol. The molecular weight excluding hydrogens is 188 g/mol. The molecule has 0 unspecified atom stereocenters. The minimum atomic E-state index is -0.926. The van der Waals surface area contributed by atoms with E-state index in [4.69, 9.17) is 0 Å². The number of nitrogens with one attached hydrogen (secondary N) is 1. The number of carbonyl (C=O) groups excluding carboxylic acids is 3. The fraction of sp³-hybridized carbons (Fsp3) is 0.625. The van der Waals surface area contributed by atoms with Crippen LogP contribution in [0.2, 0.25) is 0 Å². The second kappa shape index (κ2) is 5.95. The van der Waals surface area contributed by atoms with Gasteiger partial charge in [0.15, 0.2) is 0 Å². The van der Waals surface area contributed by atoms with Crippen molar-refractivity contribution in [1.82, 2.24) is 10.2 Å². The van der Waals surface area contributed by atoms with E-state index in [0.717, 1.165) is 12.0 Å². The lowest BCUT2D eigenvalue weighted by Gasteiger charge is -2.14. The second-order valence-electron chi connectivity index (χ2n) is 2.64. The van der Waals surface area contributed by atoms with Crippen LogP contribution in [0.25, 0.3) is 0 Å². The molecule has 80 valence electrons. The zero-order valence-electron chi connectivity index (χ0n) is 8.49. The van der Waals surface area contributed by atoms with Crippen molar-refractivity contribution in [2.75, 3.05) is 27.7 Å². The first kappa shape index (κ1) is 12.4. The Bertz CT molecular complexity index is 239. The molecule has 0 fully saturated rings. The SMILES string of the molecule is CNC(=O)CCN(C)C(=O)C(=O)OC. The third-order valence-corrected chi connectivity index (χ3v) is 1.66. The minimum absolute atomic E-state index is 0.162. The smallest absolute Gasteiger partial charge is 0.396 e. The van der Waals surface area contributed by atoms with E-state index >= 15 is 0 Å². The topological polar surface area (TPSA) is 75.7 Å². The summed E-state index contributed by atoms with van der Waals surface area (Å²) >= 11 is 0. The monoisotopic (exact) mass is 202 g/mol. The zero-order valence-corrected chi connectivity index (χ0v) is 8.49. The van der Waals surface area contributed by atoms with Crippen molar-refractivity contribution >= 4 is 17.8 Å². The van der Waals surface area contributed by atoms with Gasteiger partial charge in [-0.1, -0.05) is 0 Å². The van der Waals surface area contributed by atoms with E-state index in [1.54, 1.807) is 0 Å². The highest BCUT2D eigenvalue weighted by atomic mass is 16.5. The molecular formula is C8H14N2O4. The lowest BCUT2D eigenvalue weighted by Crippen LogP contribution is -2.36. The molecule has 0 aromatic rings. The molecule has 0 aliphatic heterocycles. The number of likely N-dealkylation sites (N-methyl/N-ethyl adjacent to an activating group) is 1. The molecule has 6 heteroatoms. The maximum atomic E-state index is 11.1. The van der Waals surface area contributed by atoms with Crippen LogP contribution in [0.15, 0.2) is 0 Å². The highest BCUT2D eigenvalue weighted by molar-refractivity contribution is 6.32. The van der Waals surface area contributed by atoms with Gasteiger partial charge < -0.3 is 15.0 Å². The van der Waals surface area contributed by atoms with Crippen LogP contribution in [-0.4, -0.2) is 50.4 Å². The maximum Gasteiger partial charge on any atom is 0.396 e. The average molecular weight is 202 g/mol. The number of hydrogen-bond donors (Lipinski definition) is 1. The van der Waals surface area contributed by atoms with E-state index in [1.807, 2.05) is 0 Å². The highest BCUT2D eigenvalue weighted by Gasteiger charge is 2.19. The Kier molecular flexibility index (Phi) is 5.28. The summed E-state index contributed by atoms with van der Waals surface area (Å²) in [4.78, 5) is 33.8. The van der Waals surface area contributed by atoms with Crippen LogP contribution in [0.1, 0.15) is 6.42 Å². The maximum absolute atomic E-state index is 11.1. The molecule has 14 heavy (non-hydrogen) atoms. The van der Waals surface area contributed by atoms with Gasteiger partial charge in [0.2, 0.25) is 5.91 Å². The van der Waals surface area contributed by atoms with E-state index < -0.39 is 11.9 Å². The van der Waals surface area contributed by atoms with Crippen molar-refractivity contribution in [3.63, 3.8) is 0 Å². The van der Waals surface area contributed by atoms with Crippen molar-refractivity contribution in [1.29, 1.82) is 0 Å². The number of methoxy groups -OCH3 is 1. The molecule has 0 bridgehead atoms. The van der Waals surface area contributed by atoms with Gasteiger partial charge in [-0.15, -0.1) is 0 Å². The quantitative estimate of drug-likeness (QED) is 0.458. The summed E-state index contributed by atoms with van der Waals surface area (Å²) in [6, 6.07) is 0. The van der Waals surface area contributed by atoms with E-state index in [0.29, 0.717) is 0 Å². The lowest BCUT2D eigenvalue weighted by atomic mass is 10.3. The van der Waals surface area contributed by atoms with Gasteiger partial charge >= 0.3 is 11.9 Å². The van der Waals surface area contributed by atoms with Gasteiger partial charge in [-0.05, 0) is 0 Å². The van der Waals surface area contributed by atoms with Gasteiger partial charge in [0.25, 0.3) is 0 Å². The first-order valence-electron chi connectivity index (χ1n) is 4.07. The Morgan fingerprint density at radius 1 is 1.36 bits per heavy atom. The van der Waals surface area contributed by atoms with Crippen molar-refractivity contribution in [3.05, 3.63) is 0 Å². The normalized spacial score (nSPS) is 9.07. The molecule has 0 aromatic carbocycles. The second-order valence-corrected chi connectivity index (χ2v) is 2.64. The van der Waals surface area contributed by atoms with Gasteiger partial charge in [0.1, 0.15) is 0 Å². The first-order chi connectivity index (χ1) is 6.52. The summed E-state index contributed by atoms with van der Waals surface area (Å²) in [5.74, 6) is -1.87. The molecule has 0 radical (unpaired) electrons. The van der Waals surface area contributed by atoms with Gasteiger partial charge in [0, 0.05) is 27.1 Å². The van der Waals surface area contributed by atoms with E-state index in [1.165, 1.54) is 14.1 Å². The summed E-state index contributed by atoms with van der Waals surface area (Å²) in [6.45, 7) is 0.188. The van der Waals surface area contributed by atoms with Crippen molar-refractivity contribution in [2.45, 2.75) is 6.42 Å². The molecule has 0 aliphatic rings. The van der Waals surface area contributed by atoms with Crippen molar-refractivity contribution in [3.8, 4) is 0 Å². The van der Waals surface area contributed by atoms with Gasteiger partial charge in [-0.3, -0.25) is 9.59 Å². The average Bonchev–Trinajstić information content (AvgIpc) is 2.22. The highest BCUT2D eigenvalue weighted by Crippen LogP contribution is 1.90. The van der Waals surface area contributed by atoms with Crippen LogP contribution in [0.4, 0.5) is 0 Å². The summed E-state index contributed by atoms with van der Waals surface area (Å²) in [6.07, 6.45) is 0.162. The third kappa shape index (κ3) is 3.88. The molecule has 0 aromatic heterocycles. The van der Waals surface area contributed by atoms with Crippen molar-refractivity contribution < 1.29 is 19.1 Å². The molecule has 0 saturated carbocycles. The fourth-order valence-electron chi connectivity index (χ4n) is 0.739. The Morgan fingerprint density at radius 2 is 1.93 bits per heavy atom. The summed E-state index contributed by atoms with van der Waals surface area (Å²) in [5.41, 5.74) is 0. The number of nitrogens with zero attached hydrogens (tertiary/aromatic N) is 1. The van der Waals surface area contributed by atoms with E-state index in [-0.39, 0.29) is 18.9 Å². The molecule has 0 heterocycles. The molecule has 0 spiro atoms. The van der Waals surface area contributed by atoms with Crippen LogP contribution in [-0.2, 0) is 19.1 Å². The molecule has 1 N–H and O–H groups in total. The largest absolute Gasteiger partial charge is 0.462 e. The van der Waals surface area contributed by atoms with Crippen LogP contribution >= 0.6 is 0 Å². The Balaban J connectivity index is 3.96. The minimum Gasteiger partial charge on any atom is -0.462 e. The predicted octanol–water partition coefficient (Wildman–Crippen LogP) is -1.25. The summed E-state index contributed by atoms with van der Waals surface area (Å²) in [7, 11) is 4.07. The molecule has 0 saturated heterocycles. The standard InChI is InChI=1S/C8H14N2O4/c1-9-6(11)4-5-10(2)7(12)8(13)14-3/h4-5H2,1-3H3,(H,9,11). The van der Waals surface area contributed by atoms with Gasteiger partial charge in [-0.2, -0.15) is 0 Å². The molecule has 0 rings (SSSR count). The number of esters is 1. The van der Waals surface area contributed by atoms with E-state index in [9.17, 15) is 14.4 Å². The van der Waals surface area contributed by atoms with Crippen LogP contribution in [0, 0.1) is 0 Å². The number of amides is 2. The van der Waals surface area contributed by atoms with Crippen molar-refractivity contribution in [2.24, 2.45) is 0 Å². The fourth-order valence-corrected chi connectivity index (χ4v) is 0.739. The Labute approximate surface area is 82.2 Å². The Morgan fingerprint density at radius 3 is 2.36 bits per heavy atom. The Hall–Kier alpha value is -1.59. The summed E-state index contributed by atoms with van der Waals surface area (Å²) in [5, 5.41) is 2.41. The first-order valence-corrected chi connectivity index (χ1v) is 4.07. The number of rotatable bonds is 3. The molecule has 6 nitrogen and oxygen atoms in total. The number of ether oxygens (including phenoxy) is 1. The third-order valence-electron chi connectivity index (χ3n) is 1.66. The zero-order chi connectivity index (χ0) is 11.1. The number of carbonyl (C=O) groups is 3. The van der Waals surface area contributed by atoms with Crippen LogP contribution in [0.3, 0.4) is 0 Å². The molecule has 0 aliphatic carbocycles.